The molecule has 1 spiro atoms. The number of halogens is 2. The average molecular weight is 598 g/mol. The zero-order valence-electron chi connectivity index (χ0n) is 23.8. The van der Waals surface area contributed by atoms with E-state index < -0.39 is 23.0 Å². The molecule has 11 heteroatoms. The van der Waals surface area contributed by atoms with Gasteiger partial charge in [0.25, 0.3) is 5.91 Å². The van der Waals surface area contributed by atoms with Gasteiger partial charge in [0.05, 0.1) is 42.4 Å². The van der Waals surface area contributed by atoms with Crippen molar-refractivity contribution in [1.82, 2.24) is 14.4 Å². The molecule has 2 amide bonds. The average Bonchev–Trinajstić information content (AvgIpc) is 3.41. The van der Waals surface area contributed by atoms with Crippen LogP contribution in [0, 0.1) is 5.82 Å². The number of morpholine rings is 1. The summed E-state index contributed by atoms with van der Waals surface area (Å²) in [6.45, 7) is 7.84. The smallest absolute Gasteiger partial charge is 0.410 e. The SMILES string of the molecule is CC(C)(C)OC(=O)N1CCOC(Cn2cc(C(=O)N3CCC4(CC3)OC(=O)c3cc(F)ccc34)c3ccc(Cl)cc32)C1. The molecule has 1 aromatic heterocycles. The molecule has 1 atom stereocenters. The molecule has 0 saturated carbocycles. The highest BCUT2D eigenvalue weighted by molar-refractivity contribution is 6.31. The summed E-state index contributed by atoms with van der Waals surface area (Å²) < 4.78 is 33.0. The lowest BCUT2D eigenvalue weighted by molar-refractivity contribution is -0.0469. The second-order valence-corrected chi connectivity index (χ2v) is 12.6. The molecule has 4 heterocycles. The number of piperidine rings is 1. The van der Waals surface area contributed by atoms with Gasteiger partial charge in [0.1, 0.15) is 17.0 Å². The third-order valence-electron chi connectivity index (χ3n) is 8.10. The Kier molecular flexibility index (Phi) is 7.17. The highest BCUT2D eigenvalue weighted by Gasteiger charge is 2.48. The van der Waals surface area contributed by atoms with Crippen LogP contribution in [0.2, 0.25) is 5.02 Å². The van der Waals surface area contributed by atoms with Crippen LogP contribution in [0.25, 0.3) is 10.9 Å². The van der Waals surface area contributed by atoms with Crippen LogP contribution in [0.1, 0.15) is 59.9 Å². The number of hydrogen-bond donors (Lipinski definition) is 0. The molecule has 0 N–H and O–H groups in total. The van der Waals surface area contributed by atoms with Crippen molar-refractivity contribution in [2.45, 2.75) is 57.5 Å². The Balaban J connectivity index is 1.20. The van der Waals surface area contributed by atoms with Gasteiger partial charge in [0.2, 0.25) is 0 Å². The second kappa shape index (κ2) is 10.6. The summed E-state index contributed by atoms with van der Waals surface area (Å²) >= 11 is 6.35. The molecule has 0 bridgehead atoms. The fraction of sp³-hybridized carbons (Fsp3) is 0.452. The number of nitrogens with zero attached hydrogens (tertiary/aromatic N) is 3. The third-order valence-corrected chi connectivity index (χ3v) is 8.34. The Hall–Kier alpha value is -3.63. The molecule has 6 rings (SSSR count). The number of fused-ring (bicyclic) bond motifs is 3. The van der Waals surface area contributed by atoms with Crippen molar-refractivity contribution < 1.29 is 33.0 Å². The molecule has 1 unspecified atom stereocenters. The van der Waals surface area contributed by atoms with Gasteiger partial charge >= 0.3 is 12.1 Å². The monoisotopic (exact) mass is 597 g/mol. The van der Waals surface area contributed by atoms with E-state index in [-0.39, 0.29) is 23.7 Å². The molecule has 9 nitrogen and oxygen atoms in total. The van der Waals surface area contributed by atoms with Crippen LogP contribution in [0.15, 0.2) is 42.6 Å². The quantitative estimate of drug-likeness (QED) is 0.377. The highest BCUT2D eigenvalue weighted by Crippen LogP contribution is 2.44. The Morgan fingerprint density at radius 3 is 2.60 bits per heavy atom. The maximum absolute atomic E-state index is 13.9. The number of carbonyl (C=O) groups is 3. The van der Waals surface area contributed by atoms with Crippen molar-refractivity contribution in [3.8, 4) is 0 Å². The molecule has 0 aliphatic carbocycles. The molecular formula is C31H33ClFN3O6. The zero-order valence-corrected chi connectivity index (χ0v) is 24.6. The summed E-state index contributed by atoms with van der Waals surface area (Å²) in [5.41, 5.74) is 0.811. The Morgan fingerprint density at radius 2 is 1.86 bits per heavy atom. The fourth-order valence-corrected chi connectivity index (χ4v) is 6.28. The highest BCUT2D eigenvalue weighted by atomic mass is 35.5. The summed E-state index contributed by atoms with van der Waals surface area (Å²) in [7, 11) is 0. The van der Waals surface area contributed by atoms with Gasteiger partial charge in [-0.1, -0.05) is 23.7 Å². The maximum Gasteiger partial charge on any atom is 0.410 e. The van der Waals surface area contributed by atoms with E-state index in [1.807, 2.05) is 43.7 Å². The van der Waals surface area contributed by atoms with Crippen LogP contribution in [0.5, 0.6) is 0 Å². The number of aromatic nitrogens is 1. The molecule has 2 fully saturated rings. The van der Waals surface area contributed by atoms with Crippen LogP contribution in [0.3, 0.4) is 0 Å². The Morgan fingerprint density at radius 1 is 1.10 bits per heavy atom. The van der Waals surface area contributed by atoms with Crippen LogP contribution in [0.4, 0.5) is 9.18 Å². The van der Waals surface area contributed by atoms with Gasteiger partial charge in [-0.15, -0.1) is 0 Å². The number of esters is 1. The minimum atomic E-state index is -0.850. The van der Waals surface area contributed by atoms with Crippen molar-refractivity contribution in [2.75, 3.05) is 32.8 Å². The maximum atomic E-state index is 13.9. The Labute approximate surface area is 248 Å². The number of benzene rings is 2. The minimum Gasteiger partial charge on any atom is -0.450 e. The van der Waals surface area contributed by atoms with Gasteiger partial charge in [0.15, 0.2) is 0 Å². The van der Waals surface area contributed by atoms with E-state index >= 15 is 0 Å². The summed E-state index contributed by atoms with van der Waals surface area (Å²) in [4.78, 5) is 42.4. The molecule has 2 saturated heterocycles. The topological polar surface area (TPSA) is 90.3 Å². The van der Waals surface area contributed by atoms with Crippen molar-refractivity contribution in [3.63, 3.8) is 0 Å². The predicted octanol–water partition coefficient (Wildman–Crippen LogP) is 5.37. The lowest BCUT2D eigenvalue weighted by Gasteiger charge is -2.38. The number of carbonyl (C=O) groups excluding carboxylic acids is 3. The van der Waals surface area contributed by atoms with E-state index in [1.165, 1.54) is 12.1 Å². The van der Waals surface area contributed by atoms with E-state index in [4.69, 9.17) is 25.8 Å². The summed E-state index contributed by atoms with van der Waals surface area (Å²) in [5.74, 6) is -1.15. The molecule has 3 aliphatic heterocycles. The van der Waals surface area contributed by atoms with E-state index in [2.05, 4.69) is 0 Å². The molecule has 42 heavy (non-hydrogen) atoms. The predicted molar refractivity (Wildman–Crippen MR) is 153 cm³/mol. The normalized spacial score (nSPS) is 20.1. The van der Waals surface area contributed by atoms with E-state index in [0.29, 0.717) is 68.3 Å². The van der Waals surface area contributed by atoms with Crippen LogP contribution in [-0.2, 0) is 26.4 Å². The van der Waals surface area contributed by atoms with Crippen LogP contribution in [-0.4, -0.2) is 76.8 Å². The first-order chi connectivity index (χ1) is 19.9. The molecule has 3 aliphatic rings. The van der Waals surface area contributed by atoms with Gasteiger partial charge in [0, 0.05) is 54.6 Å². The molecule has 3 aromatic rings. The largest absolute Gasteiger partial charge is 0.450 e. The summed E-state index contributed by atoms with van der Waals surface area (Å²) in [6, 6.07) is 9.58. The van der Waals surface area contributed by atoms with Gasteiger partial charge in [-0.3, -0.25) is 4.79 Å². The number of ether oxygens (including phenoxy) is 3. The first-order valence-electron chi connectivity index (χ1n) is 14.1. The van der Waals surface area contributed by atoms with Gasteiger partial charge in [-0.25, -0.2) is 14.0 Å². The number of rotatable bonds is 3. The standard InChI is InChI=1S/C31H33ClFN3O6/c1-30(2,3)42-29(39)35-12-13-40-21(16-35)17-36-18-24(22-6-4-19(32)14-26(22)36)27(37)34-10-8-31(9-11-34)25-7-5-20(33)15-23(25)28(38)41-31/h4-7,14-15,18,21H,8-13,16-17H2,1-3H3. The Bertz CT molecular complexity index is 1570. The van der Waals surface area contributed by atoms with E-state index in [9.17, 15) is 18.8 Å². The van der Waals surface area contributed by atoms with Crippen molar-refractivity contribution in [1.29, 1.82) is 0 Å². The third kappa shape index (κ3) is 5.33. The zero-order chi connectivity index (χ0) is 29.8. The van der Waals surface area contributed by atoms with Crippen molar-refractivity contribution in [3.05, 3.63) is 70.1 Å². The fourth-order valence-electron chi connectivity index (χ4n) is 6.11. The molecular weight excluding hydrogens is 565 g/mol. The molecule has 0 radical (unpaired) electrons. The van der Waals surface area contributed by atoms with Crippen LogP contribution < -0.4 is 0 Å². The van der Waals surface area contributed by atoms with E-state index in [1.54, 1.807) is 21.9 Å². The number of amides is 2. The minimum absolute atomic E-state index is 0.139. The lowest BCUT2D eigenvalue weighted by atomic mass is 9.83. The number of hydrogen-bond acceptors (Lipinski definition) is 6. The lowest BCUT2D eigenvalue weighted by Crippen LogP contribution is -2.48. The first kappa shape index (κ1) is 28.5. The van der Waals surface area contributed by atoms with Gasteiger partial charge in [-0.05, 0) is 45.0 Å². The van der Waals surface area contributed by atoms with Crippen molar-refractivity contribution in [2.24, 2.45) is 0 Å². The number of likely N-dealkylation sites (tertiary alicyclic amines) is 1. The second-order valence-electron chi connectivity index (χ2n) is 12.1. The van der Waals surface area contributed by atoms with Crippen molar-refractivity contribution >= 4 is 40.5 Å². The summed E-state index contributed by atoms with van der Waals surface area (Å²) in [5, 5.41) is 1.30. The van der Waals surface area contributed by atoms with Gasteiger partial charge < -0.3 is 28.6 Å². The van der Waals surface area contributed by atoms with Gasteiger partial charge in [-0.2, -0.15) is 0 Å². The summed E-state index contributed by atoms with van der Waals surface area (Å²) in [6.07, 6.45) is 1.97. The molecule has 2 aromatic carbocycles. The van der Waals surface area contributed by atoms with Crippen LogP contribution >= 0.6 is 11.6 Å². The first-order valence-corrected chi connectivity index (χ1v) is 14.5. The molecule has 222 valence electrons. The van der Waals surface area contributed by atoms with E-state index in [0.717, 1.165) is 10.9 Å².